The van der Waals surface area contributed by atoms with Crippen molar-refractivity contribution in [2.24, 2.45) is 0 Å². The highest BCUT2D eigenvalue weighted by Gasteiger charge is 2.21. The minimum absolute atomic E-state index is 0.147. The van der Waals surface area contributed by atoms with Crippen LogP contribution in [0, 0.1) is 32.4 Å². The van der Waals surface area contributed by atoms with E-state index in [1.165, 1.54) is 6.07 Å². The van der Waals surface area contributed by atoms with E-state index >= 15 is 0 Å². The zero-order valence-corrected chi connectivity index (χ0v) is 20.6. The second-order valence-electron chi connectivity index (χ2n) is 9.12. The number of aliphatic hydroxyl groups is 1. The van der Waals surface area contributed by atoms with Crippen LogP contribution in [0.15, 0.2) is 53.6 Å². The molecule has 0 bridgehead atoms. The van der Waals surface area contributed by atoms with Gasteiger partial charge >= 0.3 is 0 Å². The lowest BCUT2D eigenvalue weighted by molar-refractivity contribution is 0.0688. The molecule has 0 saturated carbocycles. The average molecular weight is 493 g/mol. The number of halogens is 2. The number of hydrogen-bond donors (Lipinski definition) is 1. The first-order chi connectivity index (χ1) is 17.0. The first-order valence-corrected chi connectivity index (χ1v) is 11.3. The molecule has 0 aliphatic carbocycles. The number of aryl methyl sites for hydroxylation is 2. The summed E-state index contributed by atoms with van der Waals surface area (Å²) in [5.41, 5.74) is 2.00. The molecule has 7 nitrogen and oxygen atoms in total. The number of benzene rings is 1. The molecule has 0 aliphatic heterocycles. The maximum absolute atomic E-state index is 14.0. The van der Waals surface area contributed by atoms with Crippen molar-refractivity contribution in [2.45, 2.75) is 46.8 Å². The second kappa shape index (κ2) is 9.58. The summed E-state index contributed by atoms with van der Waals surface area (Å²) in [4.78, 5) is 26.4. The van der Waals surface area contributed by atoms with Crippen LogP contribution < -0.4 is 10.3 Å². The molecular weight excluding hydrogens is 466 g/mol. The van der Waals surface area contributed by atoms with Gasteiger partial charge in [-0.15, -0.1) is 0 Å². The van der Waals surface area contributed by atoms with E-state index in [9.17, 15) is 18.7 Å². The van der Waals surface area contributed by atoms with Gasteiger partial charge in [-0.25, -0.2) is 18.7 Å². The molecule has 0 spiro atoms. The second-order valence-corrected chi connectivity index (χ2v) is 9.12. The highest BCUT2D eigenvalue weighted by atomic mass is 19.1. The molecule has 0 atom stereocenters. The number of ether oxygens (including phenoxy) is 1. The van der Waals surface area contributed by atoms with E-state index in [2.05, 4.69) is 15.0 Å². The van der Waals surface area contributed by atoms with Gasteiger partial charge < -0.3 is 9.84 Å². The van der Waals surface area contributed by atoms with Gasteiger partial charge in [0.1, 0.15) is 29.6 Å². The Morgan fingerprint density at radius 1 is 1.03 bits per heavy atom. The van der Waals surface area contributed by atoms with Crippen LogP contribution in [0.3, 0.4) is 0 Å². The standard InChI is InChI=1S/C27H26F2N4O3/c1-15-13-31-22(21-8-9-30-26(32-21)27(4,5)35)12-23(15)33-16(2)10-24(17(3)25(33)34)36-14-18-6-7-19(28)11-20(18)29/h6-13,35H,14H2,1-5H3. The first kappa shape index (κ1) is 25.1. The van der Waals surface area contributed by atoms with Crippen molar-refractivity contribution < 1.29 is 18.6 Å². The van der Waals surface area contributed by atoms with E-state index in [0.29, 0.717) is 34.1 Å². The SMILES string of the molecule is Cc1cnc(-c2ccnc(C(C)(C)O)n2)cc1-n1c(C)cc(OCc2ccc(F)cc2F)c(C)c1=O. The van der Waals surface area contributed by atoms with Crippen molar-refractivity contribution in [1.29, 1.82) is 0 Å². The van der Waals surface area contributed by atoms with Crippen LogP contribution in [-0.2, 0) is 12.2 Å². The summed E-state index contributed by atoms with van der Waals surface area (Å²) in [6.07, 6.45) is 3.20. The maximum Gasteiger partial charge on any atom is 0.261 e. The minimum Gasteiger partial charge on any atom is -0.488 e. The fourth-order valence-corrected chi connectivity index (χ4v) is 3.73. The summed E-state index contributed by atoms with van der Waals surface area (Å²) in [6.45, 7) is 8.29. The largest absolute Gasteiger partial charge is 0.488 e. The molecule has 0 aliphatic rings. The lowest BCUT2D eigenvalue weighted by atomic mass is 10.1. The Hall–Kier alpha value is -3.98. The van der Waals surface area contributed by atoms with E-state index in [4.69, 9.17) is 4.74 Å². The summed E-state index contributed by atoms with van der Waals surface area (Å²) in [6, 6.07) is 8.41. The number of rotatable bonds is 6. The summed E-state index contributed by atoms with van der Waals surface area (Å²) in [5.74, 6) is -0.811. The maximum atomic E-state index is 14.0. The van der Waals surface area contributed by atoms with Crippen molar-refractivity contribution in [2.75, 3.05) is 0 Å². The molecule has 1 aromatic carbocycles. The number of hydrogen-bond acceptors (Lipinski definition) is 6. The molecule has 0 unspecified atom stereocenters. The van der Waals surface area contributed by atoms with Crippen molar-refractivity contribution in [1.82, 2.24) is 19.5 Å². The van der Waals surface area contributed by atoms with Crippen LogP contribution in [0.2, 0.25) is 0 Å². The van der Waals surface area contributed by atoms with Gasteiger partial charge in [-0.2, -0.15) is 0 Å². The molecule has 0 amide bonds. The molecule has 36 heavy (non-hydrogen) atoms. The number of nitrogens with zero attached hydrogens (tertiary/aromatic N) is 4. The van der Waals surface area contributed by atoms with Gasteiger partial charge in [0, 0.05) is 35.8 Å². The van der Waals surface area contributed by atoms with Gasteiger partial charge in [-0.1, -0.05) is 0 Å². The fraction of sp³-hybridized carbons (Fsp3) is 0.259. The van der Waals surface area contributed by atoms with Crippen LogP contribution in [0.5, 0.6) is 5.75 Å². The van der Waals surface area contributed by atoms with Crippen LogP contribution >= 0.6 is 0 Å². The van der Waals surface area contributed by atoms with Crippen molar-refractivity contribution in [3.8, 4) is 22.8 Å². The smallest absolute Gasteiger partial charge is 0.261 e. The number of pyridine rings is 2. The quantitative estimate of drug-likeness (QED) is 0.420. The Bertz CT molecular complexity index is 1510. The minimum atomic E-state index is -1.22. The molecule has 0 saturated heterocycles. The van der Waals surface area contributed by atoms with Crippen LogP contribution in [0.1, 0.15) is 42.1 Å². The monoisotopic (exact) mass is 492 g/mol. The lowest BCUT2D eigenvalue weighted by Crippen LogP contribution is -2.24. The Morgan fingerprint density at radius 2 is 1.78 bits per heavy atom. The molecule has 9 heteroatoms. The van der Waals surface area contributed by atoms with Gasteiger partial charge in [-0.05, 0) is 64.4 Å². The Labute approximate surface area is 207 Å². The van der Waals surface area contributed by atoms with Gasteiger partial charge in [0.15, 0.2) is 5.82 Å². The topological polar surface area (TPSA) is 90.1 Å². The van der Waals surface area contributed by atoms with Crippen molar-refractivity contribution >= 4 is 0 Å². The van der Waals surface area contributed by atoms with Crippen LogP contribution in [0.4, 0.5) is 8.78 Å². The van der Waals surface area contributed by atoms with E-state index in [1.54, 1.807) is 62.9 Å². The van der Waals surface area contributed by atoms with E-state index in [-0.39, 0.29) is 23.6 Å². The van der Waals surface area contributed by atoms with Gasteiger partial charge in [0.25, 0.3) is 5.56 Å². The predicted molar refractivity (Wildman–Crippen MR) is 131 cm³/mol. The summed E-state index contributed by atoms with van der Waals surface area (Å²) in [5, 5.41) is 10.3. The van der Waals surface area contributed by atoms with Crippen LogP contribution in [0.25, 0.3) is 17.1 Å². The Morgan fingerprint density at radius 3 is 2.47 bits per heavy atom. The van der Waals surface area contributed by atoms with Crippen molar-refractivity contribution in [3.63, 3.8) is 0 Å². The third kappa shape index (κ3) is 5.01. The fourth-order valence-electron chi connectivity index (χ4n) is 3.73. The highest BCUT2D eigenvalue weighted by molar-refractivity contribution is 5.59. The molecule has 0 radical (unpaired) electrons. The van der Waals surface area contributed by atoms with Gasteiger partial charge in [0.2, 0.25) is 0 Å². The first-order valence-electron chi connectivity index (χ1n) is 11.3. The molecule has 4 aromatic rings. The van der Waals surface area contributed by atoms with Gasteiger partial charge in [-0.3, -0.25) is 14.3 Å². The summed E-state index contributed by atoms with van der Waals surface area (Å²) >= 11 is 0. The molecule has 1 N–H and O–H groups in total. The third-order valence-corrected chi connectivity index (χ3v) is 5.77. The molecule has 4 rings (SSSR count). The average Bonchev–Trinajstić information content (AvgIpc) is 2.82. The molecule has 3 aromatic heterocycles. The number of aromatic nitrogens is 4. The molecule has 3 heterocycles. The van der Waals surface area contributed by atoms with Crippen LogP contribution in [-0.4, -0.2) is 24.6 Å². The normalized spacial score (nSPS) is 11.6. The van der Waals surface area contributed by atoms with E-state index in [1.807, 2.05) is 6.92 Å². The third-order valence-electron chi connectivity index (χ3n) is 5.77. The molecule has 186 valence electrons. The zero-order chi connectivity index (χ0) is 26.2. The zero-order valence-electron chi connectivity index (χ0n) is 20.6. The predicted octanol–water partition coefficient (Wildman–Crippen LogP) is 4.70. The van der Waals surface area contributed by atoms with E-state index < -0.39 is 17.2 Å². The Balaban J connectivity index is 1.72. The summed E-state index contributed by atoms with van der Waals surface area (Å²) < 4.78 is 34.5. The molecular formula is C27H26F2N4O3. The van der Waals surface area contributed by atoms with E-state index in [0.717, 1.165) is 17.7 Å². The molecule has 0 fully saturated rings. The van der Waals surface area contributed by atoms with Gasteiger partial charge in [0.05, 0.1) is 22.6 Å². The van der Waals surface area contributed by atoms with Crippen molar-refractivity contribution in [3.05, 3.63) is 99.0 Å². The Kier molecular flexibility index (Phi) is 6.69. The summed E-state index contributed by atoms with van der Waals surface area (Å²) in [7, 11) is 0. The highest BCUT2D eigenvalue weighted by Crippen LogP contribution is 2.25. The lowest BCUT2D eigenvalue weighted by Gasteiger charge is -2.18.